The van der Waals surface area contributed by atoms with Gasteiger partial charge in [0.1, 0.15) is 0 Å². The van der Waals surface area contributed by atoms with E-state index >= 15 is 0 Å². The Labute approximate surface area is 118 Å². The van der Waals surface area contributed by atoms with E-state index in [0.29, 0.717) is 0 Å². The Morgan fingerprint density at radius 2 is 1.40 bits per heavy atom. The Kier molecular flexibility index (Phi) is 2.09. The highest BCUT2D eigenvalue weighted by Crippen LogP contribution is 2.53. The molecule has 0 saturated carbocycles. The Morgan fingerprint density at radius 1 is 0.800 bits per heavy atom. The number of hydrogen-bond donors (Lipinski definition) is 0. The highest BCUT2D eigenvalue weighted by Gasteiger charge is 2.28. The first-order valence-corrected chi connectivity index (χ1v) is 6.79. The van der Waals surface area contributed by atoms with Gasteiger partial charge in [-0.25, -0.2) is 0 Å². The molecule has 0 spiro atoms. The van der Waals surface area contributed by atoms with Crippen molar-refractivity contribution in [1.29, 1.82) is 5.26 Å². The molecule has 4 rings (SSSR count). The summed E-state index contributed by atoms with van der Waals surface area (Å²) in [5, 5.41) is 11.7. The van der Waals surface area contributed by atoms with Crippen molar-refractivity contribution in [2.45, 2.75) is 13.8 Å². The zero-order valence-electron chi connectivity index (χ0n) is 11.5. The van der Waals surface area contributed by atoms with E-state index in [4.69, 9.17) is 5.26 Å². The molecule has 0 aromatic heterocycles. The van der Waals surface area contributed by atoms with Gasteiger partial charge in [0.05, 0.1) is 11.6 Å². The second-order valence-corrected chi connectivity index (χ2v) is 5.42. The Bertz CT molecular complexity index is 927. The molecule has 0 radical (unpaired) electrons. The van der Waals surface area contributed by atoms with E-state index in [2.05, 4.69) is 50.2 Å². The fraction of sp³-hybridized carbons (Fsp3) is 0.105. The minimum Gasteiger partial charge on any atom is -0.192 e. The van der Waals surface area contributed by atoms with Gasteiger partial charge in [0, 0.05) is 0 Å². The molecule has 0 atom stereocenters. The number of benzene rings is 3. The number of fused-ring (bicyclic) bond motifs is 5. The molecule has 0 aliphatic heterocycles. The summed E-state index contributed by atoms with van der Waals surface area (Å²) in [6.07, 6.45) is 0. The average Bonchev–Trinajstić information content (AvgIpc) is 2.47. The zero-order chi connectivity index (χ0) is 13.9. The molecule has 1 nitrogen and oxygen atoms in total. The molecular formula is C19H13N. The molecule has 0 unspecified atom stereocenters. The first-order chi connectivity index (χ1) is 9.72. The minimum absolute atomic E-state index is 0.736. The quantitative estimate of drug-likeness (QED) is 0.435. The van der Waals surface area contributed by atoms with Gasteiger partial charge in [-0.2, -0.15) is 5.26 Å². The second-order valence-electron chi connectivity index (χ2n) is 5.42. The van der Waals surface area contributed by atoms with Crippen LogP contribution in [0.3, 0.4) is 0 Å². The zero-order valence-corrected chi connectivity index (χ0v) is 11.5. The van der Waals surface area contributed by atoms with Crippen LogP contribution in [-0.4, -0.2) is 0 Å². The van der Waals surface area contributed by atoms with E-state index in [-0.39, 0.29) is 0 Å². The third-order valence-corrected chi connectivity index (χ3v) is 4.42. The summed E-state index contributed by atoms with van der Waals surface area (Å²) in [7, 11) is 0. The summed E-state index contributed by atoms with van der Waals surface area (Å²) < 4.78 is 0. The lowest BCUT2D eigenvalue weighted by molar-refractivity contribution is 1.39. The third-order valence-electron chi connectivity index (χ3n) is 4.42. The van der Waals surface area contributed by atoms with E-state index in [1.165, 1.54) is 44.2 Å². The Balaban J connectivity index is 2.13. The number of rotatable bonds is 0. The standard InChI is InChI=1S/C19H13N/c1-11-14-5-3-4-6-15(14)12(2)19-17-9-13(10-20)7-8-16(17)18(11)19/h3-9H,1-2H3. The molecule has 0 amide bonds. The van der Waals surface area contributed by atoms with Crippen LogP contribution in [0.15, 0.2) is 42.5 Å². The SMILES string of the molecule is Cc1c2c(c(C)c3ccccc13)-c1cc(C#N)ccc1-2. The Hall–Kier alpha value is -2.59. The predicted octanol–water partition coefficient (Wildman–Crippen LogP) is 4.98. The van der Waals surface area contributed by atoms with E-state index < -0.39 is 0 Å². The number of nitrogens with zero attached hydrogens (tertiary/aromatic N) is 1. The monoisotopic (exact) mass is 255 g/mol. The van der Waals surface area contributed by atoms with Crippen molar-refractivity contribution in [3.05, 3.63) is 59.2 Å². The van der Waals surface area contributed by atoms with Gasteiger partial charge in [-0.05, 0) is 70.1 Å². The van der Waals surface area contributed by atoms with Crippen LogP contribution >= 0.6 is 0 Å². The predicted molar refractivity (Wildman–Crippen MR) is 82.6 cm³/mol. The van der Waals surface area contributed by atoms with Crippen molar-refractivity contribution in [3.8, 4) is 28.3 Å². The van der Waals surface area contributed by atoms with Crippen LogP contribution in [0.1, 0.15) is 16.7 Å². The first-order valence-electron chi connectivity index (χ1n) is 6.79. The number of hydrogen-bond acceptors (Lipinski definition) is 1. The summed E-state index contributed by atoms with van der Waals surface area (Å²) in [5.41, 5.74) is 8.60. The van der Waals surface area contributed by atoms with Crippen molar-refractivity contribution in [1.82, 2.24) is 0 Å². The molecule has 1 aliphatic rings. The Morgan fingerprint density at radius 3 is 2.00 bits per heavy atom. The third kappa shape index (κ3) is 1.21. The lowest BCUT2D eigenvalue weighted by Crippen LogP contribution is -2.05. The van der Waals surface area contributed by atoms with Crippen LogP contribution in [0, 0.1) is 25.2 Å². The summed E-state index contributed by atoms with van der Waals surface area (Å²) in [6.45, 7) is 4.38. The van der Waals surface area contributed by atoms with Gasteiger partial charge < -0.3 is 0 Å². The van der Waals surface area contributed by atoms with E-state index in [1.54, 1.807) is 0 Å². The molecule has 20 heavy (non-hydrogen) atoms. The van der Waals surface area contributed by atoms with Crippen molar-refractivity contribution in [3.63, 3.8) is 0 Å². The highest BCUT2D eigenvalue weighted by molar-refractivity contribution is 6.12. The summed E-state index contributed by atoms with van der Waals surface area (Å²) in [4.78, 5) is 0. The molecule has 0 saturated heterocycles. The average molecular weight is 255 g/mol. The van der Waals surface area contributed by atoms with E-state index in [9.17, 15) is 0 Å². The smallest absolute Gasteiger partial charge is 0.0991 e. The van der Waals surface area contributed by atoms with E-state index in [0.717, 1.165) is 5.56 Å². The van der Waals surface area contributed by atoms with Crippen LogP contribution < -0.4 is 0 Å². The molecule has 94 valence electrons. The fourth-order valence-electron chi connectivity index (χ4n) is 3.43. The summed E-state index contributed by atoms with van der Waals surface area (Å²) >= 11 is 0. The first kappa shape index (κ1) is 11.3. The second kappa shape index (κ2) is 3.71. The molecule has 0 heterocycles. The van der Waals surface area contributed by atoms with Crippen LogP contribution in [0.2, 0.25) is 0 Å². The maximum absolute atomic E-state index is 9.07. The van der Waals surface area contributed by atoms with Crippen LogP contribution in [-0.2, 0) is 0 Å². The normalized spacial score (nSPS) is 11.4. The molecule has 0 N–H and O–H groups in total. The van der Waals surface area contributed by atoms with Gasteiger partial charge in [-0.15, -0.1) is 0 Å². The van der Waals surface area contributed by atoms with Gasteiger partial charge in [-0.1, -0.05) is 30.3 Å². The molecule has 3 aromatic carbocycles. The van der Waals surface area contributed by atoms with Crippen molar-refractivity contribution in [2.24, 2.45) is 0 Å². The van der Waals surface area contributed by atoms with Crippen LogP contribution in [0.4, 0.5) is 0 Å². The molecule has 3 aromatic rings. The molecular weight excluding hydrogens is 242 g/mol. The highest BCUT2D eigenvalue weighted by atomic mass is 14.3. The number of nitriles is 1. The molecule has 0 fully saturated rings. The van der Waals surface area contributed by atoms with Gasteiger partial charge in [0.2, 0.25) is 0 Å². The van der Waals surface area contributed by atoms with Crippen molar-refractivity contribution in [2.75, 3.05) is 0 Å². The minimum atomic E-state index is 0.736. The van der Waals surface area contributed by atoms with E-state index in [1.807, 2.05) is 12.1 Å². The molecule has 1 aliphatic carbocycles. The van der Waals surface area contributed by atoms with Gasteiger partial charge in [0.15, 0.2) is 0 Å². The lowest BCUT2D eigenvalue weighted by atomic mass is 9.73. The summed E-state index contributed by atoms with van der Waals surface area (Å²) in [6, 6.07) is 16.8. The summed E-state index contributed by atoms with van der Waals surface area (Å²) in [5.74, 6) is 0. The van der Waals surface area contributed by atoms with Gasteiger partial charge in [0.25, 0.3) is 0 Å². The maximum Gasteiger partial charge on any atom is 0.0991 e. The maximum atomic E-state index is 9.07. The van der Waals surface area contributed by atoms with Gasteiger partial charge in [-0.3, -0.25) is 0 Å². The van der Waals surface area contributed by atoms with Crippen molar-refractivity contribution < 1.29 is 0 Å². The van der Waals surface area contributed by atoms with Crippen LogP contribution in [0.5, 0.6) is 0 Å². The van der Waals surface area contributed by atoms with Crippen LogP contribution in [0.25, 0.3) is 33.0 Å². The lowest BCUT2D eigenvalue weighted by Gasteiger charge is -2.30. The topological polar surface area (TPSA) is 23.8 Å². The van der Waals surface area contributed by atoms with Crippen molar-refractivity contribution >= 4 is 10.8 Å². The number of aryl methyl sites for hydroxylation is 2. The molecule has 1 heteroatoms. The fourth-order valence-corrected chi connectivity index (χ4v) is 3.43. The molecule has 0 bridgehead atoms. The largest absolute Gasteiger partial charge is 0.192 e. The van der Waals surface area contributed by atoms with Gasteiger partial charge >= 0.3 is 0 Å².